The number of aryl methyl sites for hydroxylation is 1. The van der Waals surface area contributed by atoms with Gasteiger partial charge in [-0.2, -0.15) is 0 Å². The molecule has 2 N–H and O–H groups in total. The summed E-state index contributed by atoms with van der Waals surface area (Å²) in [7, 11) is 3.47. The maximum atomic E-state index is 11.7. The molecule has 1 amide bonds. The van der Waals surface area contributed by atoms with Crippen molar-refractivity contribution in [2.24, 2.45) is 10.9 Å². The molecule has 0 aromatic carbocycles. The summed E-state index contributed by atoms with van der Waals surface area (Å²) in [6.07, 6.45) is 1.90. The minimum Gasteiger partial charge on any atom is -0.356 e. The summed E-state index contributed by atoms with van der Waals surface area (Å²) in [6.45, 7) is 10.2. The van der Waals surface area contributed by atoms with Crippen LogP contribution in [0.2, 0.25) is 0 Å². The number of likely N-dealkylation sites (N-methyl/N-ethyl adjacent to an activating group) is 1. The van der Waals surface area contributed by atoms with Gasteiger partial charge in [0.2, 0.25) is 5.91 Å². The molecule has 1 unspecified atom stereocenters. The van der Waals surface area contributed by atoms with Gasteiger partial charge in [0.25, 0.3) is 0 Å². The molecule has 1 heterocycles. The van der Waals surface area contributed by atoms with Crippen LogP contribution in [0.5, 0.6) is 0 Å². The van der Waals surface area contributed by atoms with Gasteiger partial charge < -0.3 is 15.5 Å². The number of halogens is 1. The molecule has 0 saturated heterocycles. The molecule has 24 heavy (non-hydrogen) atoms. The van der Waals surface area contributed by atoms with E-state index in [4.69, 9.17) is 0 Å². The average molecular weight is 467 g/mol. The monoisotopic (exact) mass is 467 g/mol. The summed E-state index contributed by atoms with van der Waals surface area (Å²) in [5.41, 5.74) is 0. The Labute approximate surface area is 166 Å². The zero-order chi connectivity index (χ0) is 17.4. The predicted molar refractivity (Wildman–Crippen MR) is 113 cm³/mol. The zero-order valence-electron chi connectivity index (χ0n) is 15.4. The fourth-order valence-electron chi connectivity index (χ4n) is 1.70. The zero-order valence-corrected chi connectivity index (χ0v) is 18.6. The second kappa shape index (κ2) is 11.6. The van der Waals surface area contributed by atoms with Crippen LogP contribution in [-0.4, -0.2) is 55.5 Å². The van der Waals surface area contributed by atoms with Crippen LogP contribution in [0.3, 0.4) is 0 Å². The first-order valence-corrected chi connectivity index (χ1v) is 8.76. The van der Waals surface area contributed by atoms with Gasteiger partial charge in [0.05, 0.1) is 5.01 Å². The summed E-state index contributed by atoms with van der Waals surface area (Å²) < 4.78 is 0. The highest BCUT2D eigenvalue weighted by Crippen LogP contribution is 2.20. The molecule has 0 saturated carbocycles. The summed E-state index contributed by atoms with van der Waals surface area (Å²) >= 11 is 1.72. The van der Waals surface area contributed by atoms with Gasteiger partial charge in [0.1, 0.15) is 6.54 Å². The molecule has 0 bridgehead atoms. The number of carbonyl (C=O) groups excluding carboxylic acids is 1. The van der Waals surface area contributed by atoms with Crippen LogP contribution >= 0.6 is 35.3 Å². The van der Waals surface area contributed by atoms with Gasteiger partial charge in [-0.15, -0.1) is 35.3 Å². The Morgan fingerprint density at radius 1 is 1.29 bits per heavy atom. The Kier molecular flexibility index (Phi) is 11.2. The maximum absolute atomic E-state index is 11.7. The molecular formula is C16H30IN5OS. The third-order valence-corrected chi connectivity index (χ3v) is 4.33. The Bertz CT molecular complexity index is 530. The lowest BCUT2D eigenvalue weighted by Crippen LogP contribution is -2.41. The first kappa shape index (κ1) is 23.1. The molecule has 0 aliphatic carbocycles. The summed E-state index contributed by atoms with van der Waals surface area (Å²) in [5.74, 6) is 1.46. The third kappa shape index (κ3) is 8.81. The van der Waals surface area contributed by atoms with Gasteiger partial charge in [0, 0.05) is 44.2 Å². The third-order valence-electron chi connectivity index (χ3n) is 3.19. The van der Waals surface area contributed by atoms with Crippen molar-refractivity contribution in [3.05, 3.63) is 16.1 Å². The Hall–Kier alpha value is -0.900. The number of amides is 1. The SMILES string of the molecule is Cc1cnc(C(C)CNC(=NCC(=O)N(C)C)NCC(C)C)s1.I. The van der Waals surface area contributed by atoms with Gasteiger partial charge in [-0.3, -0.25) is 4.79 Å². The molecule has 1 rings (SSSR count). The van der Waals surface area contributed by atoms with Gasteiger partial charge in [-0.05, 0) is 12.8 Å². The average Bonchev–Trinajstić information content (AvgIpc) is 2.92. The van der Waals surface area contributed by atoms with E-state index in [-0.39, 0.29) is 36.4 Å². The van der Waals surface area contributed by atoms with Gasteiger partial charge in [0.15, 0.2) is 5.96 Å². The van der Waals surface area contributed by atoms with E-state index in [1.165, 1.54) is 4.88 Å². The normalized spacial score (nSPS) is 12.5. The molecular weight excluding hydrogens is 437 g/mol. The summed E-state index contributed by atoms with van der Waals surface area (Å²) in [5, 5.41) is 7.70. The highest BCUT2D eigenvalue weighted by Gasteiger charge is 2.11. The van der Waals surface area contributed by atoms with E-state index in [0.29, 0.717) is 17.8 Å². The first-order chi connectivity index (χ1) is 10.8. The number of hydrogen-bond donors (Lipinski definition) is 2. The second-order valence-corrected chi connectivity index (χ2v) is 7.59. The van der Waals surface area contributed by atoms with Crippen molar-refractivity contribution in [2.75, 3.05) is 33.7 Å². The Morgan fingerprint density at radius 2 is 1.92 bits per heavy atom. The van der Waals surface area contributed by atoms with Crippen LogP contribution in [0.4, 0.5) is 0 Å². The van der Waals surface area contributed by atoms with Gasteiger partial charge >= 0.3 is 0 Å². The van der Waals surface area contributed by atoms with Gasteiger partial charge in [-0.25, -0.2) is 9.98 Å². The van der Waals surface area contributed by atoms with Crippen LogP contribution in [-0.2, 0) is 4.79 Å². The maximum Gasteiger partial charge on any atom is 0.243 e. The molecule has 0 radical (unpaired) electrons. The van der Waals surface area contributed by atoms with Crippen LogP contribution in [0.25, 0.3) is 0 Å². The number of nitrogens with one attached hydrogen (secondary N) is 2. The number of carbonyl (C=O) groups is 1. The number of hydrogen-bond acceptors (Lipinski definition) is 4. The lowest BCUT2D eigenvalue weighted by molar-refractivity contribution is -0.127. The van der Waals surface area contributed by atoms with Crippen LogP contribution in [0, 0.1) is 12.8 Å². The van der Waals surface area contributed by atoms with E-state index in [2.05, 4.69) is 48.3 Å². The number of aliphatic imine (C=N–C) groups is 1. The van der Waals surface area contributed by atoms with E-state index < -0.39 is 0 Å². The summed E-state index contributed by atoms with van der Waals surface area (Å²) in [4.78, 5) is 23.3. The van der Waals surface area contributed by atoms with Crippen molar-refractivity contribution in [2.45, 2.75) is 33.6 Å². The predicted octanol–water partition coefficient (Wildman–Crippen LogP) is 2.45. The van der Waals surface area contributed by atoms with Crippen molar-refractivity contribution in [3.63, 3.8) is 0 Å². The number of thiazole rings is 1. The first-order valence-electron chi connectivity index (χ1n) is 7.94. The number of rotatable bonds is 7. The molecule has 0 aliphatic rings. The highest BCUT2D eigenvalue weighted by molar-refractivity contribution is 14.0. The van der Waals surface area contributed by atoms with Crippen molar-refractivity contribution in [1.29, 1.82) is 0 Å². The van der Waals surface area contributed by atoms with Crippen LogP contribution < -0.4 is 10.6 Å². The largest absolute Gasteiger partial charge is 0.356 e. The Morgan fingerprint density at radius 3 is 2.42 bits per heavy atom. The molecule has 1 aromatic rings. The fourth-order valence-corrected chi connectivity index (χ4v) is 2.53. The van der Waals surface area contributed by atoms with Gasteiger partial charge in [-0.1, -0.05) is 20.8 Å². The van der Waals surface area contributed by atoms with E-state index >= 15 is 0 Å². The smallest absolute Gasteiger partial charge is 0.243 e. The number of aromatic nitrogens is 1. The number of guanidine groups is 1. The molecule has 0 spiro atoms. The molecule has 1 aromatic heterocycles. The lowest BCUT2D eigenvalue weighted by Gasteiger charge is -2.17. The van der Waals surface area contributed by atoms with E-state index in [1.54, 1.807) is 30.3 Å². The lowest BCUT2D eigenvalue weighted by atomic mass is 10.2. The molecule has 1 atom stereocenters. The van der Waals surface area contributed by atoms with Crippen molar-refractivity contribution in [1.82, 2.24) is 20.5 Å². The van der Waals surface area contributed by atoms with E-state index in [0.717, 1.165) is 18.1 Å². The molecule has 138 valence electrons. The minimum absolute atomic E-state index is 0. The molecule has 0 fully saturated rings. The quantitative estimate of drug-likeness (QED) is 0.367. The van der Waals surface area contributed by atoms with Crippen LogP contribution in [0.1, 0.15) is 36.6 Å². The highest BCUT2D eigenvalue weighted by atomic mass is 127. The minimum atomic E-state index is -0.0146. The van der Waals surface area contributed by atoms with Crippen LogP contribution in [0.15, 0.2) is 11.2 Å². The standard InChI is InChI=1S/C16H29N5OS.HI/c1-11(2)7-18-16(20-10-14(22)21(5)6)19-8-12(3)15-17-9-13(4)23-15;/h9,11-12H,7-8,10H2,1-6H3,(H2,18,19,20);1H. The molecule has 0 aliphatic heterocycles. The fraction of sp³-hybridized carbons (Fsp3) is 0.688. The van der Waals surface area contributed by atoms with Crippen molar-refractivity contribution < 1.29 is 4.79 Å². The number of nitrogens with zero attached hydrogens (tertiary/aromatic N) is 3. The molecule has 8 heteroatoms. The van der Waals surface area contributed by atoms with Crippen molar-refractivity contribution in [3.8, 4) is 0 Å². The topological polar surface area (TPSA) is 69.6 Å². The van der Waals surface area contributed by atoms with Crippen molar-refractivity contribution >= 4 is 47.2 Å². The second-order valence-electron chi connectivity index (χ2n) is 6.32. The van der Waals surface area contributed by atoms with E-state index in [9.17, 15) is 4.79 Å². The van der Waals surface area contributed by atoms with E-state index in [1.807, 2.05) is 6.20 Å². The summed E-state index contributed by atoms with van der Waals surface area (Å²) in [6, 6.07) is 0. The molecule has 6 nitrogen and oxygen atoms in total. The Balaban J connectivity index is 0.00000529.